The molecule has 1 atom stereocenters. The number of aryl methyl sites for hydroxylation is 1. The van der Waals surface area contributed by atoms with Crippen molar-refractivity contribution in [1.29, 1.82) is 0 Å². The van der Waals surface area contributed by atoms with E-state index in [1.165, 1.54) is 5.56 Å². The highest BCUT2D eigenvalue weighted by Crippen LogP contribution is 2.35. The summed E-state index contributed by atoms with van der Waals surface area (Å²) in [6, 6.07) is 9.77. The van der Waals surface area contributed by atoms with Crippen molar-refractivity contribution in [3.05, 3.63) is 55.1 Å². The molecule has 0 saturated carbocycles. The number of nitrogens with one attached hydrogen (secondary N) is 1. The lowest BCUT2D eigenvalue weighted by Gasteiger charge is -2.15. The number of thiophene rings is 1. The molecule has 0 spiro atoms. The first-order valence-electron chi connectivity index (χ1n) is 5.10. The van der Waals surface area contributed by atoms with Gasteiger partial charge in [0.2, 0.25) is 0 Å². The molecule has 2 rings (SSSR count). The van der Waals surface area contributed by atoms with Crippen LogP contribution in [0.3, 0.4) is 0 Å². The Morgan fingerprint density at radius 2 is 2.12 bits per heavy atom. The van der Waals surface area contributed by atoms with Crippen LogP contribution in [0.4, 0.5) is 0 Å². The molecule has 1 aromatic heterocycles. The van der Waals surface area contributed by atoms with E-state index in [2.05, 4.69) is 34.3 Å². The highest BCUT2D eigenvalue weighted by atomic mass is 79.9. The number of hydrazine groups is 1. The number of hydrogen-bond donors (Lipinski definition) is 2. The fourth-order valence-electron chi connectivity index (χ4n) is 1.66. The third-order valence-corrected chi connectivity index (χ3v) is 5.09. The lowest BCUT2D eigenvalue weighted by Crippen LogP contribution is -2.28. The van der Waals surface area contributed by atoms with Gasteiger partial charge in [0.15, 0.2) is 0 Å². The number of rotatable bonds is 3. The molecule has 2 nitrogen and oxygen atoms in total. The van der Waals surface area contributed by atoms with E-state index < -0.39 is 0 Å². The van der Waals surface area contributed by atoms with Gasteiger partial charge in [-0.2, -0.15) is 0 Å². The minimum absolute atomic E-state index is 0.0706. The summed E-state index contributed by atoms with van der Waals surface area (Å²) in [4.78, 5) is 1.14. The molecular formula is C12H12BrClN2S. The van der Waals surface area contributed by atoms with Crippen LogP contribution in [-0.4, -0.2) is 0 Å². The van der Waals surface area contributed by atoms with Crippen molar-refractivity contribution in [3.63, 3.8) is 0 Å². The third-order valence-electron chi connectivity index (χ3n) is 2.54. The van der Waals surface area contributed by atoms with Crippen LogP contribution < -0.4 is 11.3 Å². The Kier molecular flexibility index (Phi) is 4.22. The normalized spacial score (nSPS) is 12.7. The van der Waals surface area contributed by atoms with Crippen molar-refractivity contribution in [2.75, 3.05) is 0 Å². The van der Waals surface area contributed by atoms with Gasteiger partial charge in [-0.05, 0) is 46.1 Å². The van der Waals surface area contributed by atoms with Crippen LogP contribution in [-0.2, 0) is 0 Å². The Bertz CT molecular complexity index is 507. The van der Waals surface area contributed by atoms with E-state index in [4.69, 9.17) is 17.4 Å². The molecule has 1 aromatic carbocycles. The molecule has 0 bridgehead atoms. The minimum atomic E-state index is -0.0706. The first-order chi connectivity index (χ1) is 8.13. The van der Waals surface area contributed by atoms with E-state index in [0.29, 0.717) is 0 Å². The average Bonchev–Trinajstić information content (AvgIpc) is 2.63. The predicted molar refractivity (Wildman–Crippen MR) is 77.4 cm³/mol. The number of hydrogen-bond acceptors (Lipinski definition) is 3. The summed E-state index contributed by atoms with van der Waals surface area (Å²) < 4.78 is 1.12. The molecule has 1 heterocycles. The van der Waals surface area contributed by atoms with Crippen molar-refractivity contribution in [1.82, 2.24) is 5.43 Å². The summed E-state index contributed by atoms with van der Waals surface area (Å²) in [5.74, 6) is 5.65. The van der Waals surface area contributed by atoms with Crippen molar-refractivity contribution in [3.8, 4) is 0 Å². The third kappa shape index (κ3) is 2.72. The quantitative estimate of drug-likeness (QED) is 0.658. The molecule has 90 valence electrons. The summed E-state index contributed by atoms with van der Waals surface area (Å²) >= 11 is 11.4. The average molecular weight is 332 g/mol. The zero-order valence-corrected chi connectivity index (χ0v) is 12.4. The number of benzene rings is 1. The van der Waals surface area contributed by atoms with Crippen molar-refractivity contribution >= 4 is 38.9 Å². The molecule has 0 fully saturated rings. The summed E-state index contributed by atoms with van der Waals surface area (Å²) in [5.41, 5.74) is 5.02. The lowest BCUT2D eigenvalue weighted by molar-refractivity contribution is 0.646. The maximum atomic E-state index is 6.19. The maximum Gasteiger partial charge on any atom is 0.0817 e. The van der Waals surface area contributed by atoms with E-state index in [9.17, 15) is 0 Å². The monoisotopic (exact) mass is 330 g/mol. The first-order valence-corrected chi connectivity index (χ1v) is 7.08. The molecule has 17 heavy (non-hydrogen) atoms. The second-order valence-electron chi connectivity index (χ2n) is 3.73. The van der Waals surface area contributed by atoms with Gasteiger partial charge in [-0.25, -0.2) is 5.43 Å². The smallest absolute Gasteiger partial charge is 0.0817 e. The van der Waals surface area contributed by atoms with E-state index >= 15 is 0 Å². The Hall–Kier alpha value is -0.390. The van der Waals surface area contributed by atoms with Gasteiger partial charge in [0, 0.05) is 9.90 Å². The van der Waals surface area contributed by atoms with Crippen LogP contribution in [0, 0.1) is 6.92 Å². The Morgan fingerprint density at radius 3 is 2.65 bits per heavy atom. The zero-order chi connectivity index (χ0) is 12.4. The molecule has 0 aliphatic rings. The van der Waals surface area contributed by atoms with Crippen LogP contribution in [0.2, 0.25) is 5.02 Å². The van der Waals surface area contributed by atoms with Crippen molar-refractivity contribution in [2.24, 2.45) is 5.84 Å². The SMILES string of the molecule is Cc1cc(C(NN)c2ccccc2Cl)sc1Br. The van der Waals surface area contributed by atoms with Gasteiger partial charge in [0.05, 0.1) is 9.83 Å². The van der Waals surface area contributed by atoms with E-state index in [1.807, 2.05) is 24.3 Å². The second kappa shape index (κ2) is 5.50. The van der Waals surface area contributed by atoms with Gasteiger partial charge >= 0.3 is 0 Å². The first kappa shape index (κ1) is 13.1. The molecule has 0 saturated heterocycles. The van der Waals surface area contributed by atoms with Crippen LogP contribution in [0.5, 0.6) is 0 Å². The van der Waals surface area contributed by atoms with E-state index in [1.54, 1.807) is 11.3 Å². The largest absolute Gasteiger partial charge is 0.271 e. The van der Waals surface area contributed by atoms with E-state index in [-0.39, 0.29) is 6.04 Å². The Morgan fingerprint density at radius 1 is 1.41 bits per heavy atom. The van der Waals surface area contributed by atoms with Crippen molar-refractivity contribution < 1.29 is 0 Å². The van der Waals surface area contributed by atoms with Gasteiger partial charge < -0.3 is 0 Å². The van der Waals surface area contributed by atoms with Gasteiger partial charge in [-0.3, -0.25) is 5.84 Å². The topological polar surface area (TPSA) is 38.0 Å². The molecule has 0 aliphatic carbocycles. The van der Waals surface area contributed by atoms with Gasteiger partial charge in [0.25, 0.3) is 0 Å². The molecule has 0 radical (unpaired) electrons. The van der Waals surface area contributed by atoms with Gasteiger partial charge in [-0.15, -0.1) is 11.3 Å². The summed E-state index contributed by atoms with van der Waals surface area (Å²) in [6.07, 6.45) is 0. The van der Waals surface area contributed by atoms with Gasteiger partial charge in [-0.1, -0.05) is 29.8 Å². The molecule has 1 unspecified atom stereocenters. The molecular weight excluding hydrogens is 320 g/mol. The van der Waals surface area contributed by atoms with E-state index in [0.717, 1.165) is 19.2 Å². The van der Waals surface area contributed by atoms with Crippen LogP contribution >= 0.6 is 38.9 Å². The molecule has 2 aromatic rings. The van der Waals surface area contributed by atoms with Gasteiger partial charge in [0.1, 0.15) is 0 Å². The highest BCUT2D eigenvalue weighted by Gasteiger charge is 2.18. The molecule has 0 amide bonds. The minimum Gasteiger partial charge on any atom is -0.271 e. The summed E-state index contributed by atoms with van der Waals surface area (Å²) in [6.45, 7) is 2.06. The number of nitrogens with two attached hydrogens (primary N) is 1. The molecule has 5 heteroatoms. The van der Waals surface area contributed by atoms with Crippen LogP contribution in [0.25, 0.3) is 0 Å². The fraction of sp³-hybridized carbons (Fsp3) is 0.167. The van der Waals surface area contributed by atoms with Crippen LogP contribution in [0.15, 0.2) is 34.1 Å². The molecule has 3 N–H and O–H groups in total. The lowest BCUT2D eigenvalue weighted by atomic mass is 10.1. The van der Waals surface area contributed by atoms with Crippen molar-refractivity contribution in [2.45, 2.75) is 13.0 Å². The maximum absolute atomic E-state index is 6.19. The Balaban J connectivity index is 2.44. The second-order valence-corrected chi connectivity index (χ2v) is 6.54. The Labute approximate surface area is 118 Å². The van der Waals surface area contributed by atoms with Crippen LogP contribution in [0.1, 0.15) is 22.0 Å². The highest BCUT2D eigenvalue weighted by molar-refractivity contribution is 9.11. The standard InChI is InChI=1S/C12H12BrClN2S/c1-7-6-10(17-12(7)13)11(16-15)8-4-2-3-5-9(8)14/h2-6,11,16H,15H2,1H3. The fourth-order valence-corrected chi connectivity index (χ4v) is 3.56. The predicted octanol–water partition coefficient (Wildman–Crippen LogP) is 4.03. The summed E-state index contributed by atoms with van der Waals surface area (Å²) in [7, 11) is 0. The zero-order valence-electron chi connectivity index (χ0n) is 9.21. The molecule has 0 aliphatic heterocycles. The summed E-state index contributed by atoms with van der Waals surface area (Å²) in [5, 5.41) is 0.720. The number of halogens is 2.